The number of anilines is 1. The van der Waals surface area contributed by atoms with Crippen molar-refractivity contribution in [2.75, 3.05) is 12.8 Å². The number of methoxy groups -OCH3 is 1. The van der Waals surface area contributed by atoms with Gasteiger partial charge in [0.25, 0.3) is 0 Å². The van der Waals surface area contributed by atoms with Crippen LogP contribution >= 0.6 is 11.6 Å². The molecule has 0 fully saturated rings. The summed E-state index contributed by atoms with van der Waals surface area (Å²) in [6, 6.07) is 3.40. The first kappa shape index (κ1) is 9.16. The Labute approximate surface area is 76.3 Å². The van der Waals surface area contributed by atoms with Crippen LogP contribution in [0.1, 0.15) is 5.56 Å². The minimum Gasteiger partial charge on any atom is -0.495 e. The summed E-state index contributed by atoms with van der Waals surface area (Å²) in [5.41, 5.74) is 12.5. The fraction of sp³-hybridized carbons (Fsp3) is 0.250. The average Bonchev–Trinajstić information content (AvgIpc) is 2.08. The highest BCUT2D eigenvalue weighted by Gasteiger charge is 2.05. The molecule has 0 aliphatic heterocycles. The van der Waals surface area contributed by atoms with Gasteiger partial charge in [-0.1, -0.05) is 11.6 Å². The Morgan fingerprint density at radius 3 is 2.67 bits per heavy atom. The van der Waals surface area contributed by atoms with Crippen molar-refractivity contribution in [3.8, 4) is 5.75 Å². The van der Waals surface area contributed by atoms with E-state index in [2.05, 4.69) is 0 Å². The summed E-state index contributed by atoms with van der Waals surface area (Å²) in [6.45, 7) is 0.364. The van der Waals surface area contributed by atoms with Crippen LogP contribution < -0.4 is 16.2 Å². The van der Waals surface area contributed by atoms with Crippen LogP contribution in [0.5, 0.6) is 5.75 Å². The molecule has 0 atom stereocenters. The van der Waals surface area contributed by atoms with Crippen molar-refractivity contribution in [1.82, 2.24) is 0 Å². The number of rotatable bonds is 2. The zero-order chi connectivity index (χ0) is 9.14. The molecule has 1 aromatic carbocycles. The summed E-state index contributed by atoms with van der Waals surface area (Å²) in [5, 5.41) is 0.585. The van der Waals surface area contributed by atoms with E-state index in [9.17, 15) is 0 Å². The fourth-order valence-electron chi connectivity index (χ4n) is 0.985. The summed E-state index contributed by atoms with van der Waals surface area (Å²) in [4.78, 5) is 0. The number of halogens is 1. The number of benzene rings is 1. The second-order valence-corrected chi connectivity index (χ2v) is 2.82. The zero-order valence-electron chi connectivity index (χ0n) is 6.80. The Morgan fingerprint density at radius 2 is 2.17 bits per heavy atom. The predicted molar refractivity (Wildman–Crippen MR) is 50.3 cm³/mol. The molecular formula is C8H11ClN2O. The Bertz CT molecular complexity index is 263. The molecule has 3 nitrogen and oxygen atoms in total. The Balaban J connectivity index is 3.22. The van der Waals surface area contributed by atoms with Gasteiger partial charge < -0.3 is 16.2 Å². The summed E-state index contributed by atoms with van der Waals surface area (Å²) in [5.74, 6) is 0.572. The van der Waals surface area contributed by atoms with Gasteiger partial charge in [0.05, 0.1) is 12.8 Å². The molecule has 0 saturated carbocycles. The molecule has 1 rings (SSSR count). The molecule has 0 heterocycles. The maximum absolute atomic E-state index is 5.79. The van der Waals surface area contributed by atoms with Crippen molar-refractivity contribution < 1.29 is 4.74 Å². The first-order valence-corrected chi connectivity index (χ1v) is 3.88. The maximum atomic E-state index is 5.79. The van der Waals surface area contributed by atoms with E-state index < -0.39 is 0 Å². The number of hydrogen-bond acceptors (Lipinski definition) is 3. The number of hydrogen-bond donors (Lipinski definition) is 2. The van der Waals surface area contributed by atoms with Crippen LogP contribution in [0.4, 0.5) is 5.69 Å². The smallest absolute Gasteiger partial charge is 0.143 e. The molecule has 0 aliphatic carbocycles. The van der Waals surface area contributed by atoms with E-state index in [1.807, 2.05) is 0 Å². The first-order valence-electron chi connectivity index (χ1n) is 3.51. The van der Waals surface area contributed by atoms with Gasteiger partial charge in [-0.3, -0.25) is 0 Å². The van der Waals surface area contributed by atoms with Crippen molar-refractivity contribution >= 4 is 17.3 Å². The Hall–Kier alpha value is -0.930. The highest BCUT2D eigenvalue weighted by atomic mass is 35.5. The summed E-state index contributed by atoms with van der Waals surface area (Å²) < 4.78 is 5.00. The molecule has 66 valence electrons. The molecule has 4 N–H and O–H groups in total. The van der Waals surface area contributed by atoms with Crippen LogP contribution in [-0.4, -0.2) is 7.11 Å². The van der Waals surface area contributed by atoms with Gasteiger partial charge in [0.1, 0.15) is 5.75 Å². The molecular weight excluding hydrogens is 176 g/mol. The topological polar surface area (TPSA) is 61.3 Å². The van der Waals surface area contributed by atoms with E-state index in [1.54, 1.807) is 19.2 Å². The Morgan fingerprint density at radius 1 is 1.50 bits per heavy atom. The Kier molecular flexibility index (Phi) is 2.78. The molecule has 0 aromatic heterocycles. The van der Waals surface area contributed by atoms with Crippen molar-refractivity contribution in [2.45, 2.75) is 6.54 Å². The quantitative estimate of drug-likeness (QED) is 0.687. The lowest BCUT2D eigenvalue weighted by molar-refractivity contribution is 0.416. The van der Waals surface area contributed by atoms with Gasteiger partial charge in [-0.2, -0.15) is 0 Å². The monoisotopic (exact) mass is 186 g/mol. The van der Waals surface area contributed by atoms with Crippen LogP contribution in [0.25, 0.3) is 0 Å². The van der Waals surface area contributed by atoms with E-state index >= 15 is 0 Å². The third-order valence-electron chi connectivity index (χ3n) is 1.63. The summed E-state index contributed by atoms with van der Waals surface area (Å²) in [7, 11) is 1.54. The SMILES string of the molecule is COc1cc(Cl)cc(CN)c1N. The maximum Gasteiger partial charge on any atom is 0.143 e. The average molecular weight is 187 g/mol. The minimum atomic E-state index is 0.364. The lowest BCUT2D eigenvalue weighted by atomic mass is 10.1. The molecule has 12 heavy (non-hydrogen) atoms. The molecule has 0 amide bonds. The van der Waals surface area contributed by atoms with E-state index in [4.69, 9.17) is 27.8 Å². The number of nitrogens with two attached hydrogens (primary N) is 2. The van der Waals surface area contributed by atoms with E-state index in [-0.39, 0.29) is 0 Å². The molecule has 0 unspecified atom stereocenters. The first-order chi connectivity index (χ1) is 5.69. The molecule has 0 aliphatic rings. The van der Waals surface area contributed by atoms with Gasteiger partial charge in [0.2, 0.25) is 0 Å². The molecule has 0 spiro atoms. The van der Waals surface area contributed by atoms with Crippen LogP contribution in [-0.2, 0) is 6.54 Å². The van der Waals surface area contributed by atoms with Crippen LogP contribution in [0.15, 0.2) is 12.1 Å². The van der Waals surface area contributed by atoms with Crippen molar-refractivity contribution in [3.05, 3.63) is 22.7 Å². The van der Waals surface area contributed by atoms with Crippen LogP contribution in [0.2, 0.25) is 5.02 Å². The predicted octanol–water partition coefficient (Wildman–Crippen LogP) is 1.39. The molecule has 1 aromatic rings. The van der Waals surface area contributed by atoms with E-state index in [0.29, 0.717) is 23.0 Å². The van der Waals surface area contributed by atoms with Crippen molar-refractivity contribution in [3.63, 3.8) is 0 Å². The van der Waals surface area contributed by atoms with Gasteiger partial charge in [0.15, 0.2) is 0 Å². The van der Waals surface area contributed by atoms with Gasteiger partial charge in [-0.05, 0) is 11.6 Å². The fourth-order valence-corrected chi connectivity index (χ4v) is 1.22. The third kappa shape index (κ3) is 1.62. The summed E-state index contributed by atoms with van der Waals surface area (Å²) >= 11 is 5.79. The third-order valence-corrected chi connectivity index (χ3v) is 1.85. The zero-order valence-corrected chi connectivity index (χ0v) is 7.56. The second kappa shape index (κ2) is 3.65. The highest BCUT2D eigenvalue weighted by Crippen LogP contribution is 2.29. The lowest BCUT2D eigenvalue weighted by Gasteiger charge is -2.08. The standard InChI is InChI=1S/C8H11ClN2O/c1-12-7-3-6(9)2-5(4-10)8(7)11/h2-3H,4,10-11H2,1H3. The van der Waals surface area contributed by atoms with Gasteiger partial charge in [-0.15, -0.1) is 0 Å². The van der Waals surface area contributed by atoms with Gasteiger partial charge in [0, 0.05) is 17.6 Å². The number of ether oxygens (including phenoxy) is 1. The van der Waals surface area contributed by atoms with Gasteiger partial charge in [-0.25, -0.2) is 0 Å². The lowest BCUT2D eigenvalue weighted by Crippen LogP contribution is -2.03. The largest absolute Gasteiger partial charge is 0.495 e. The van der Waals surface area contributed by atoms with Crippen LogP contribution in [0.3, 0.4) is 0 Å². The molecule has 0 bridgehead atoms. The molecule has 0 saturated heterocycles. The van der Waals surface area contributed by atoms with E-state index in [0.717, 1.165) is 5.56 Å². The summed E-state index contributed by atoms with van der Waals surface area (Å²) in [6.07, 6.45) is 0. The molecule has 4 heteroatoms. The molecule has 0 radical (unpaired) electrons. The second-order valence-electron chi connectivity index (χ2n) is 2.38. The van der Waals surface area contributed by atoms with E-state index in [1.165, 1.54) is 0 Å². The number of nitrogen functional groups attached to an aromatic ring is 1. The van der Waals surface area contributed by atoms with Crippen LogP contribution in [0, 0.1) is 0 Å². The normalized spacial score (nSPS) is 9.92. The minimum absolute atomic E-state index is 0.364. The van der Waals surface area contributed by atoms with Crippen molar-refractivity contribution in [2.24, 2.45) is 5.73 Å². The van der Waals surface area contributed by atoms with Crippen molar-refractivity contribution in [1.29, 1.82) is 0 Å². The highest BCUT2D eigenvalue weighted by molar-refractivity contribution is 6.30. The van der Waals surface area contributed by atoms with Gasteiger partial charge >= 0.3 is 0 Å².